The fourth-order valence-electron chi connectivity index (χ4n) is 1.79. The van der Waals surface area contributed by atoms with Crippen LogP contribution in [0.3, 0.4) is 0 Å². The van der Waals surface area contributed by atoms with Crippen molar-refractivity contribution in [3.05, 3.63) is 6.08 Å². The standard InChI is InChI=1S/C14H26S/c1-2-3-4-5-6-7-8-9-10-11-12-13-14-15/h13H,2-12H2,1H3. The molecule has 0 saturated carbocycles. The van der Waals surface area contributed by atoms with Crippen LogP contribution in [-0.2, 0) is 0 Å². The smallest absolute Gasteiger partial charge is 0.0266 e. The van der Waals surface area contributed by atoms with Gasteiger partial charge in [-0.05, 0) is 31.1 Å². The zero-order valence-electron chi connectivity index (χ0n) is 10.3. The van der Waals surface area contributed by atoms with Gasteiger partial charge < -0.3 is 0 Å². The normalized spacial score (nSPS) is 9.93. The quantitative estimate of drug-likeness (QED) is 0.333. The summed E-state index contributed by atoms with van der Waals surface area (Å²) in [7, 11) is 0. The lowest BCUT2D eigenvalue weighted by atomic mass is 10.1. The van der Waals surface area contributed by atoms with Crippen molar-refractivity contribution in [3.63, 3.8) is 0 Å². The second-order valence-electron chi connectivity index (χ2n) is 4.29. The van der Waals surface area contributed by atoms with Gasteiger partial charge in [-0.3, -0.25) is 0 Å². The highest BCUT2D eigenvalue weighted by Gasteiger charge is 1.91. The van der Waals surface area contributed by atoms with E-state index in [9.17, 15) is 0 Å². The predicted molar refractivity (Wildman–Crippen MR) is 73.6 cm³/mol. The summed E-state index contributed by atoms with van der Waals surface area (Å²) in [6, 6.07) is 0. The summed E-state index contributed by atoms with van der Waals surface area (Å²) in [4.78, 5) is 0. The second-order valence-corrected chi connectivity index (χ2v) is 4.53. The summed E-state index contributed by atoms with van der Waals surface area (Å²) in [6.07, 6.45) is 17.1. The Morgan fingerprint density at radius 3 is 1.73 bits per heavy atom. The van der Waals surface area contributed by atoms with E-state index in [0.29, 0.717) is 0 Å². The van der Waals surface area contributed by atoms with Crippen molar-refractivity contribution in [1.82, 2.24) is 0 Å². The van der Waals surface area contributed by atoms with Gasteiger partial charge in [0, 0.05) is 0 Å². The molecule has 0 atom stereocenters. The summed E-state index contributed by atoms with van der Waals surface area (Å²) >= 11 is 4.62. The number of allylic oxidation sites excluding steroid dienone is 1. The molecule has 0 unspecified atom stereocenters. The number of thiocarbonyl (C=S) groups is 1. The summed E-state index contributed by atoms with van der Waals surface area (Å²) in [5, 5.41) is 2.66. The number of hydrogen-bond acceptors (Lipinski definition) is 1. The first-order valence-corrected chi connectivity index (χ1v) is 7.02. The van der Waals surface area contributed by atoms with Crippen LogP contribution in [0.15, 0.2) is 6.08 Å². The summed E-state index contributed by atoms with van der Waals surface area (Å²) in [5.41, 5.74) is 0. The maximum atomic E-state index is 4.62. The summed E-state index contributed by atoms with van der Waals surface area (Å²) < 4.78 is 0. The van der Waals surface area contributed by atoms with Gasteiger partial charge in [-0.25, -0.2) is 0 Å². The van der Waals surface area contributed by atoms with Crippen LogP contribution < -0.4 is 0 Å². The van der Waals surface area contributed by atoms with Gasteiger partial charge in [-0.2, -0.15) is 0 Å². The maximum Gasteiger partial charge on any atom is -0.0266 e. The molecule has 0 fully saturated rings. The van der Waals surface area contributed by atoms with Gasteiger partial charge >= 0.3 is 0 Å². The zero-order valence-corrected chi connectivity index (χ0v) is 11.1. The van der Waals surface area contributed by atoms with Gasteiger partial charge in [-0.15, -0.1) is 0 Å². The van der Waals surface area contributed by atoms with E-state index in [0.717, 1.165) is 6.42 Å². The minimum Gasteiger partial charge on any atom is -0.0654 e. The van der Waals surface area contributed by atoms with Crippen molar-refractivity contribution in [3.8, 4) is 0 Å². The van der Waals surface area contributed by atoms with Crippen molar-refractivity contribution in [2.45, 2.75) is 77.6 Å². The Kier molecular flexibility index (Phi) is 13.7. The maximum absolute atomic E-state index is 4.62. The Hall–Kier alpha value is -0.130. The monoisotopic (exact) mass is 226 g/mol. The highest BCUT2D eigenvalue weighted by Crippen LogP contribution is 2.11. The SMILES string of the molecule is CCCCCCCCCCCCC=C=S. The lowest BCUT2D eigenvalue weighted by Crippen LogP contribution is -1.81. The van der Waals surface area contributed by atoms with Gasteiger partial charge in [-0.1, -0.05) is 69.7 Å². The van der Waals surface area contributed by atoms with Crippen LogP contribution in [0.25, 0.3) is 0 Å². The molecule has 0 aliphatic heterocycles. The molecule has 0 radical (unpaired) electrons. The van der Waals surface area contributed by atoms with E-state index in [2.05, 4.69) is 24.2 Å². The minimum absolute atomic E-state index is 1.12. The summed E-state index contributed by atoms with van der Waals surface area (Å²) in [5.74, 6) is 0. The van der Waals surface area contributed by atoms with Crippen LogP contribution >= 0.6 is 12.2 Å². The molecule has 0 bridgehead atoms. The highest BCUT2D eigenvalue weighted by molar-refractivity contribution is 7.78. The highest BCUT2D eigenvalue weighted by atomic mass is 32.1. The van der Waals surface area contributed by atoms with Gasteiger partial charge in [0.15, 0.2) is 0 Å². The molecule has 0 amide bonds. The lowest BCUT2D eigenvalue weighted by molar-refractivity contribution is 0.558. The molecule has 15 heavy (non-hydrogen) atoms. The molecular weight excluding hydrogens is 200 g/mol. The third-order valence-corrected chi connectivity index (χ3v) is 2.95. The molecule has 0 rings (SSSR count). The molecule has 0 N–H and O–H groups in total. The number of rotatable bonds is 11. The first kappa shape index (κ1) is 14.9. The van der Waals surface area contributed by atoms with Crippen LogP contribution in [0.4, 0.5) is 0 Å². The number of unbranched alkanes of at least 4 members (excludes halogenated alkanes) is 10. The second kappa shape index (κ2) is 13.9. The average Bonchev–Trinajstić information content (AvgIpc) is 2.26. The molecule has 0 aliphatic carbocycles. The third kappa shape index (κ3) is 13.9. The first-order chi connectivity index (χ1) is 7.41. The van der Waals surface area contributed by atoms with Crippen molar-refractivity contribution in [2.75, 3.05) is 0 Å². The largest absolute Gasteiger partial charge is 0.0654 e. The molecule has 0 heterocycles. The van der Waals surface area contributed by atoms with E-state index in [4.69, 9.17) is 0 Å². The first-order valence-electron chi connectivity index (χ1n) is 6.61. The van der Waals surface area contributed by atoms with Crippen LogP contribution in [0, 0.1) is 0 Å². The minimum atomic E-state index is 1.12. The Labute approximate surface area is 101 Å². The molecule has 88 valence electrons. The van der Waals surface area contributed by atoms with Gasteiger partial charge in [0.25, 0.3) is 0 Å². The van der Waals surface area contributed by atoms with E-state index in [1.807, 2.05) is 6.08 Å². The van der Waals surface area contributed by atoms with Gasteiger partial charge in [0.2, 0.25) is 0 Å². The molecular formula is C14H26S. The molecule has 0 spiro atoms. The topological polar surface area (TPSA) is 0 Å². The fourth-order valence-corrected chi connectivity index (χ4v) is 1.91. The van der Waals surface area contributed by atoms with Crippen molar-refractivity contribution >= 4 is 17.2 Å². The van der Waals surface area contributed by atoms with E-state index in [1.165, 1.54) is 64.2 Å². The van der Waals surface area contributed by atoms with Crippen molar-refractivity contribution < 1.29 is 0 Å². The Morgan fingerprint density at radius 1 is 0.800 bits per heavy atom. The van der Waals surface area contributed by atoms with Gasteiger partial charge in [0.05, 0.1) is 0 Å². The van der Waals surface area contributed by atoms with Crippen molar-refractivity contribution in [1.29, 1.82) is 0 Å². The van der Waals surface area contributed by atoms with Crippen molar-refractivity contribution in [2.24, 2.45) is 0 Å². The van der Waals surface area contributed by atoms with E-state index in [1.54, 1.807) is 0 Å². The predicted octanol–water partition coefficient (Wildman–Crippen LogP) is 5.45. The molecule has 0 aromatic heterocycles. The van der Waals surface area contributed by atoms with E-state index < -0.39 is 0 Å². The van der Waals surface area contributed by atoms with Crippen LogP contribution in [-0.4, -0.2) is 5.02 Å². The molecule has 0 nitrogen and oxygen atoms in total. The number of hydrogen-bond donors (Lipinski definition) is 0. The van der Waals surface area contributed by atoms with E-state index in [-0.39, 0.29) is 0 Å². The van der Waals surface area contributed by atoms with Crippen LogP contribution in [0.1, 0.15) is 77.6 Å². The van der Waals surface area contributed by atoms with Crippen LogP contribution in [0.5, 0.6) is 0 Å². The molecule has 1 heteroatoms. The zero-order chi connectivity index (χ0) is 11.2. The Morgan fingerprint density at radius 2 is 1.27 bits per heavy atom. The van der Waals surface area contributed by atoms with E-state index >= 15 is 0 Å². The lowest BCUT2D eigenvalue weighted by Gasteiger charge is -2.00. The Bertz CT molecular complexity index is 157. The molecule has 0 saturated heterocycles. The Balaban J connectivity index is 2.89. The molecule has 0 aromatic rings. The fraction of sp³-hybridized carbons (Fsp3) is 0.857. The molecule has 0 aromatic carbocycles. The summed E-state index contributed by atoms with van der Waals surface area (Å²) in [6.45, 7) is 2.27. The third-order valence-electron chi connectivity index (χ3n) is 2.79. The average molecular weight is 226 g/mol. The van der Waals surface area contributed by atoms with Gasteiger partial charge in [0.1, 0.15) is 0 Å². The molecule has 0 aliphatic rings. The van der Waals surface area contributed by atoms with Crippen LogP contribution in [0.2, 0.25) is 0 Å².